The van der Waals surface area contributed by atoms with Crippen molar-refractivity contribution in [2.45, 2.75) is 64.7 Å². The summed E-state index contributed by atoms with van der Waals surface area (Å²) in [6.45, 7) is 8.61. The maximum Gasteiger partial charge on any atom is 0.0900 e. The highest BCUT2D eigenvalue weighted by atomic mass is 16.5. The molecule has 0 aromatic rings. The Morgan fingerprint density at radius 3 is 2.75 bits per heavy atom. The van der Waals surface area contributed by atoms with Gasteiger partial charge in [0, 0.05) is 12.6 Å². The van der Waals surface area contributed by atoms with Crippen LogP contribution in [0, 0.1) is 0 Å². The van der Waals surface area contributed by atoms with Gasteiger partial charge in [0.1, 0.15) is 0 Å². The molecule has 2 unspecified atom stereocenters. The van der Waals surface area contributed by atoms with Crippen molar-refractivity contribution in [2.75, 3.05) is 19.7 Å². The highest BCUT2D eigenvalue weighted by molar-refractivity contribution is 4.77. The van der Waals surface area contributed by atoms with Crippen LogP contribution in [0.2, 0.25) is 0 Å². The number of aliphatic hydroxyl groups excluding tert-OH is 1. The van der Waals surface area contributed by atoms with E-state index in [1.54, 1.807) is 0 Å². The quantitative estimate of drug-likeness (QED) is 0.756. The third-order valence-corrected chi connectivity index (χ3v) is 3.29. The number of nitrogens with zero attached hydrogens (tertiary/aromatic N) is 1. The summed E-state index contributed by atoms with van der Waals surface area (Å²) in [4.78, 5) is 2.43. The highest BCUT2D eigenvalue weighted by Crippen LogP contribution is 2.19. The average Bonchev–Trinajstić information content (AvgIpc) is 2.27. The number of β-amino-alcohol motifs (C(OH)–C–C–N with tert-alkyl or cyclic N) is 1. The van der Waals surface area contributed by atoms with Crippen molar-refractivity contribution in [3.8, 4) is 0 Å². The van der Waals surface area contributed by atoms with Crippen molar-refractivity contribution in [1.29, 1.82) is 0 Å². The summed E-state index contributed by atoms with van der Waals surface area (Å²) < 4.78 is 5.44. The molecular weight excluding hydrogens is 202 g/mol. The molecule has 0 amide bonds. The molecule has 0 aromatic heterocycles. The monoisotopic (exact) mass is 229 g/mol. The summed E-state index contributed by atoms with van der Waals surface area (Å²) in [7, 11) is 0. The molecule has 0 spiro atoms. The van der Waals surface area contributed by atoms with Gasteiger partial charge < -0.3 is 9.84 Å². The maximum atomic E-state index is 9.90. The second-order valence-electron chi connectivity index (χ2n) is 5.09. The first-order chi connectivity index (χ1) is 7.63. The fourth-order valence-electron chi connectivity index (χ4n) is 2.39. The topological polar surface area (TPSA) is 32.7 Å². The van der Waals surface area contributed by atoms with Crippen LogP contribution in [0.1, 0.15) is 46.5 Å². The molecular formula is C13H27NO2. The lowest BCUT2D eigenvalue weighted by Crippen LogP contribution is -2.44. The van der Waals surface area contributed by atoms with E-state index >= 15 is 0 Å². The molecule has 0 saturated carbocycles. The largest absolute Gasteiger partial charge is 0.389 e. The second kappa shape index (κ2) is 7.25. The van der Waals surface area contributed by atoms with Gasteiger partial charge in [0.15, 0.2) is 0 Å². The molecule has 1 aliphatic heterocycles. The molecule has 1 rings (SSSR count). The Morgan fingerprint density at radius 1 is 1.38 bits per heavy atom. The predicted molar refractivity (Wildman–Crippen MR) is 66.6 cm³/mol. The lowest BCUT2D eigenvalue weighted by molar-refractivity contribution is -0.0187. The van der Waals surface area contributed by atoms with Gasteiger partial charge in [-0.1, -0.05) is 13.3 Å². The summed E-state index contributed by atoms with van der Waals surface area (Å²) in [5.41, 5.74) is 0. The van der Waals surface area contributed by atoms with Gasteiger partial charge in [-0.2, -0.15) is 0 Å². The van der Waals surface area contributed by atoms with Crippen molar-refractivity contribution >= 4 is 0 Å². The molecule has 96 valence electrons. The molecule has 2 atom stereocenters. The smallest absolute Gasteiger partial charge is 0.0900 e. The number of likely N-dealkylation sites (tertiary alicyclic amines) is 1. The fraction of sp³-hybridized carbons (Fsp3) is 1.00. The van der Waals surface area contributed by atoms with Crippen molar-refractivity contribution in [1.82, 2.24) is 4.90 Å². The Bertz CT molecular complexity index is 185. The molecule has 16 heavy (non-hydrogen) atoms. The van der Waals surface area contributed by atoms with E-state index in [0.717, 1.165) is 13.1 Å². The summed E-state index contributed by atoms with van der Waals surface area (Å²) in [5, 5.41) is 9.90. The Labute approximate surface area is 99.8 Å². The molecule has 1 N–H and O–H groups in total. The molecule has 1 aliphatic rings. The SMILES string of the molecule is CCC1CCCCN1CC(O)COC(C)C. The number of rotatable bonds is 6. The Hall–Kier alpha value is -0.120. The molecule has 3 nitrogen and oxygen atoms in total. The normalized spacial score (nSPS) is 24.9. The molecule has 0 aromatic carbocycles. The van der Waals surface area contributed by atoms with Crippen molar-refractivity contribution in [3.05, 3.63) is 0 Å². The number of ether oxygens (including phenoxy) is 1. The lowest BCUT2D eigenvalue weighted by Gasteiger charge is -2.36. The molecule has 0 bridgehead atoms. The number of piperidine rings is 1. The predicted octanol–water partition coefficient (Wildman–Crippen LogP) is 2.04. The third-order valence-electron chi connectivity index (χ3n) is 3.29. The van der Waals surface area contributed by atoms with E-state index in [9.17, 15) is 5.11 Å². The Morgan fingerprint density at radius 2 is 2.12 bits per heavy atom. The standard InChI is InChI=1S/C13H27NO2/c1-4-12-7-5-6-8-14(12)9-13(15)10-16-11(2)3/h11-13,15H,4-10H2,1-3H3. The van der Waals surface area contributed by atoms with Gasteiger partial charge in [0.05, 0.1) is 18.8 Å². The summed E-state index contributed by atoms with van der Waals surface area (Å²) in [5.74, 6) is 0. The van der Waals surface area contributed by atoms with Crippen LogP contribution in [-0.4, -0.2) is 48.0 Å². The zero-order valence-electron chi connectivity index (χ0n) is 11.0. The van der Waals surface area contributed by atoms with Gasteiger partial charge >= 0.3 is 0 Å². The van der Waals surface area contributed by atoms with E-state index in [4.69, 9.17) is 4.74 Å². The highest BCUT2D eigenvalue weighted by Gasteiger charge is 2.22. The van der Waals surface area contributed by atoms with E-state index in [1.807, 2.05) is 13.8 Å². The van der Waals surface area contributed by atoms with Crippen molar-refractivity contribution in [3.63, 3.8) is 0 Å². The van der Waals surface area contributed by atoms with Gasteiger partial charge in [0.2, 0.25) is 0 Å². The Kier molecular flexibility index (Phi) is 6.32. The van der Waals surface area contributed by atoms with E-state index in [-0.39, 0.29) is 12.2 Å². The number of aliphatic hydroxyl groups is 1. The molecule has 1 heterocycles. The van der Waals surface area contributed by atoms with E-state index in [0.29, 0.717) is 12.6 Å². The van der Waals surface area contributed by atoms with Crippen molar-refractivity contribution in [2.24, 2.45) is 0 Å². The molecule has 1 fully saturated rings. The van der Waals surface area contributed by atoms with Crippen LogP contribution in [0.25, 0.3) is 0 Å². The molecule has 1 saturated heterocycles. The maximum absolute atomic E-state index is 9.90. The summed E-state index contributed by atoms with van der Waals surface area (Å²) >= 11 is 0. The molecule has 3 heteroatoms. The lowest BCUT2D eigenvalue weighted by atomic mass is 10.00. The zero-order valence-corrected chi connectivity index (χ0v) is 11.0. The molecule has 0 aliphatic carbocycles. The van der Waals surface area contributed by atoms with Crippen LogP contribution in [-0.2, 0) is 4.74 Å². The number of hydrogen-bond acceptors (Lipinski definition) is 3. The van der Waals surface area contributed by atoms with Gasteiger partial charge in [0.25, 0.3) is 0 Å². The first kappa shape index (κ1) is 13.9. The molecule has 0 radical (unpaired) electrons. The van der Waals surface area contributed by atoms with E-state index in [2.05, 4.69) is 11.8 Å². The van der Waals surface area contributed by atoms with Gasteiger partial charge in [-0.3, -0.25) is 4.90 Å². The average molecular weight is 229 g/mol. The van der Waals surface area contributed by atoms with Gasteiger partial charge in [-0.05, 0) is 39.7 Å². The number of hydrogen-bond donors (Lipinski definition) is 1. The van der Waals surface area contributed by atoms with Crippen LogP contribution >= 0.6 is 0 Å². The fourth-order valence-corrected chi connectivity index (χ4v) is 2.39. The first-order valence-corrected chi connectivity index (χ1v) is 6.67. The minimum Gasteiger partial charge on any atom is -0.389 e. The van der Waals surface area contributed by atoms with Gasteiger partial charge in [-0.15, -0.1) is 0 Å². The van der Waals surface area contributed by atoms with Crippen LogP contribution in [0.3, 0.4) is 0 Å². The minimum absolute atomic E-state index is 0.206. The Balaban J connectivity index is 2.27. The van der Waals surface area contributed by atoms with Crippen LogP contribution < -0.4 is 0 Å². The summed E-state index contributed by atoms with van der Waals surface area (Å²) in [6, 6.07) is 0.669. The third kappa shape index (κ3) is 4.81. The van der Waals surface area contributed by atoms with Crippen LogP contribution in [0.5, 0.6) is 0 Å². The van der Waals surface area contributed by atoms with Crippen LogP contribution in [0.4, 0.5) is 0 Å². The zero-order chi connectivity index (χ0) is 12.0. The van der Waals surface area contributed by atoms with Crippen molar-refractivity contribution < 1.29 is 9.84 Å². The van der Waals surface area contributed by atoms with Crippen LogP contribution in [0.15, 0.2) is 0 Å². The van der Waals surface area contributed by atoms with E-state index < -0.39 is 0 Å². The second-order valence-corrected chi connectivity index (χ2v) is 5.09. The van der Waals surface area contributed by atoms with E-state index in [1.165, 1.54) is 25.7 Å². The minimum atomic E-state index is -0.338. The summed E-state index contributed by atoms with van der Waals surface area (Å²) in [6.07, 6.45) is 4.96. The van der Waals surface area contributed by atoms with Gasteiger partial charge in [-0.25, -0.2) is 0 Å². The first-order valence-electron chi connectivity index (χ1n) is 6.67.